The number of amides is 1. The van der Waals surface area contributed by atoms with Crippen molar-refractivity contribution in [3.8, 4) is 0 Å². The third kappa shape index (κ3) is 3.73. The fourth-order valence-corrected chi connectivity index (χ4v) is 2.90. The molecule has 1 N–H and O–H groups in total. The average molecular weight is 379 g/mol. The van der Waals surface area contributed by atoms with E-state index in [1.165, 1.54) is 18.2 Å². The second kappa shape index (κ2) is 6.46. The molecule has 4 nitrogen and oxygen atoms in total. The Balaban J connectivity index is 2.40. The lowest BCUT2D eigenvalue weighted by Gasteiger charge is -2.10. The standard InChI is InChI=1S/C14H10Cl3NO3S/c1-22(20,21)8-5-6-10(15)9(7-8)14(19)18-12-4-2-3-11(16)13(12)17/h2-7H,1H3,(H,18,19). The molecule has 0 unspecified atom stereocenters. The van der Waals surface area contributed by atoms with E-state index in [4.69, 9.17) is 34.8 Å². The average Bonchev–Trinajstić information content (AvgIpc) is 2.43. The molecule has 0 aliphatic carbocycles. The molecule has 8 heteroatoms. The number of halogens is 3. The second-order valence-corrected chi connectivity index (χ2v) is 7.68. The lowest BCUT2D eigenvalue weighted by atomic mass is 10.2. The molecule has 0 fully saturated rings. The van der Waals surface area contributed by atoms with E-state index >= 15 is 0 Å². The molecule has 0 atom stereocenters. The maximum absolute atomic E-state index is 12.3. The van der Waals surface area contributed by atoms with Gasteiger partial charge in [-0.1, -0.05) is 40.9 Å². The van der Waals surface area contributed by atoms with Crippen LogP contribution < -0.4 is 5.32 Å². The Kier molecular flexibility index (Phi) is 5.02. The first-order valence-electron chi connectivity index (χ1n) is 5.95. The molecule has 0 aliphatic heterocycles. The quantitative estimate of drug-likeness (QED) is 0.866. The van der Waals surface area contributed by atoms with Crippen molar-refractivity contribution in [3.63, 3.8) is 0 Å². The molecular formula is C14H10Cl3NO3S. The topological polar surface area (TPSA) is 63.2 Å². The van der Waals surface area contributed by atoms with E-state index in [0.717, 1.165) is 6.26 Å². The lowest BCUT2D eigenvalue weighted by Crippen LogP contribution is -2.13. The van der Waals surface area contributed by atoms with Crippen LogP contribution in [-0.2, 0) is 9.84 Å². The van der Waals surface area contributed by atoms with Crippen molar-refractivity contribution < 1.29 is 13.2 Å². The summed E-state index contributed by atoms with van der Waals surface area (Å²) in [6, 6.07) is 8.67. The molecule has 2 rings (SSSR count). The maximum Gasteiger partial charge on any atom is 0.257 e. The highest BCUT2D eigenvalue weighted by atomic mass is 35.5. The second-order valence-electron chi connectivity index (χ2n) is 4.47. The minimum absolute atomic E-state index is 0.000703. The predicted molar refractivity (Wildman–Crippen MR) is 89.0 cm³/mol. The Morgan fingerprint density at radius 2 is 1.73 bits per heavy atom. The molecular weight excluding hydrogens is 369 g/mol. The molecule has 0 radical (unpaired) electrons. The van der Waals surface area contributed by atoms with Gasteiger partial charge in [0, 0.05) is 6.26 Å². The monoisotopic (exact) mass is 377 g/mol. The molecule has 0 saturated heterocycles. The van der Waals surface area contributed by atoms with Crippen LogP contribution in [0.15, 0.2) is 41.3 Å². The number of hydrogen-bond donors (Lipinski definition) is 1. The van der Waals surface area contributed by atoms with Gasteiger partial charge in [-0.3, -0.25) is 4.79 Å². The zero-order valence-electron chi connectivity index (χ0n) is 11.2. The van der Waals surface area contributed by atoms with Gasteiger partial charge in [-0.2, -0.15) is 0 Å². The summed E-state index contributed by atoms with van der Waals surface area (Å²) in [5.74, 6) is -0.584. The van der Waals surface area contributed by atoms with E-state index in [1.54, 1.807) is 18.2 Å². The molecule has 0 aromatic heterocycles. The summed E-state index contributed by atoms with van der Waals surface area (Å²) in [6.07, 6.45) is 1.05. The summed E-state index contributed by atoms with van der Waals surface area (Å²) in [5.41, 5.74) is 0.334. The first-order valence-corrected chi connectivity index (χ1v) is 8.97. The van der Waals surface area contributed by atoms with Crippen molar-refractivity contribution in [2.24, 2.45) is 0 Å². The summed E-state index contributed by atoms with van der Waals surface area (Å²) >= 11 is 17.8. The van der Waals surface area contributed by atoms with Gasteiger partial charge in [0.2, 0.25) is 0 Å². The molecule has 0 saturated carbocycles. The van der Waals surface area contributed by atoms with Crippen LogP contribution in [0.25, 0.3) is 0 Å². The molecule has 2 aromatic rings. The molecule has 116 valence electrons. The van der Waals surface area contributed by atoms with Crippen molar-refractivity contribution in [2.45, 2.75) is 4.90 Å². The number of sulfone groups is 1. The van der Waals surface area contributed by atoms with Crippen molar-refractivity contribution in [1.82, 2.24) is 0 Å². The third-order valence-electron chi connectivity index (χ3n) is 2.81. The highest BCUT2D eigenvalue weighted by Gasteiger charge is 2.17. The number of hydrogen-bond acceptors (Lipinski definition) is 3. The largest absolute Gasteiger partial charge is 0.321 e. The summed E-state index contributed by atoms with van der Waals surface area (Å²) < 4.78 is 23.1. The molecule has 0 bridgehead atoms. The summed E-state index contributed by atoms with van der Waals surface area (Å²) in [5, 5.41) is 3.16. The Hall–Kier alpha value is -1.27. The van der Waals surface area contributed by atoms with Gasteiger partial charge in [0.25, 0.3) is 5.91 Å². The van der Waals surface area contributed by atoms with Gasteiger partial charge < -0.3 is 5.32 Å². The number of benzene rings is 2. The smallest absolute Gasteiger partial charge is 0.257 e. The zero-order chi connectivity index (χ0) is 16.5. The van der Waals surface area contributed by atoms with Gasteiger partial charge >= 0.3 is 0 Å². The number of nitrogens with one attached hydrogen (secondary N) is 1. The number of anilines is 1. The fraction of sp³-hybridized carbons (Fsp3) is 0.0714. The Morgan fingerprint density at radius 1 is 1.05 bits per heavy atom. The predicted octanol–water partition coefficient (Wildman–Crippen LogP) is 4.30. The minimum Gasteiger partial charge on any atom is -0.321 e. The van der Waals surface area contributed by atoms with E-state index in [9.17, 15) is 13.2 Å². The summed E-state index contributed by atoms with van der Waals surface area (Å²) in [4.78, 5) is 12.3. The molecule has 0 heterocycles. The van der Waals surface area contributed by atoms with Crippen LogP contribution in [0.2, 0.25) is 15.1 Å². The maximum atomic E-state index is 12.3. The highest BCUT2D eigenvalue weighted by Crippen LogP contribution is 2.30. The molecule has 1 amide bonds. The van der Waals surface area contributed by atoms with Crippen LogP contribution in [0.4, 0.5) is 5.69 Å². The van der Waals surface area contributed by atoms with Crippen LogP contribution in [0.1, 0.15) is 10.4 Å². The zero-order valence-corrected chi connectivity index (χ0v) is 14.3. The first-order chi connectivity index (χ1) is 10.2. The van der Waals surface area contributed by atoms with Gasteiger partial charge in [-0.15, -0.1) is 0 Å². The molecule has 0 aliphatic rings. The van der Waals surface area contributed by atoms with Gasteiger partial charge in [0.1, 0.15) is 0 Å². The number of rotatable bonds is 3. The van der Waals surface area contributed by atoms with Crippen molar-refractivity contribution in [2.75, 3.05) is 11.6 Å². The number of carbonyl (C=O) groups excluding carboxylic acids is 1. The fourth-order valence-electron chi connectivity index (χ4n) is 1.70. The van der Waals surface area contributed by atoms with E-state index in [1.807, 2.05) is 0 Å². The highest BCUT2D eigenvalue weighted by molar-refractivity contribution is 7.90. The van der Waals surface area contributed by atoms with Gasteiger partial charge in [0.15, 0.2) is 9.84 Å². The third-order valence-corrected chi connectivity index (χ3v) is 5.07. The Bertz CT molecular complexity index is 850. The molecule has 2 aromatic carbocycles. The van der Waals surface area contributed by atoms with Crippen LogP contribution in [0.3, 0.4) is 0 Å². The van der Waals surface area contributed by atoms with Crippen LogP contribution in [0.5, 0.6) is 0 Å². The number of carbonyl (C=O) groups is 1. The molecule has 0 spiro atoms. The first kappa shape index (κ1) is 17.1. The van der Waals surface area contributed by atoms with Gasteiger partial charge in [-0.25, -0.2) is 8.42 Å². The van der Waals surface area contributed by atoms with Crippen molar-refractivity contribution in [3.05, 3.63) is 57.0 Å². The molecule has 22 heavy (non-hydrogen) atoms. The van der Waals surface area contributed by atoms with Gasteiger partial charge in [0.05, 0.1) is 31.2 Å². The Labute approximate surface area is 142 Å². The Morgan fingerprint density at radius 3 is 2.36 bits per heavy atom. The normalized spacial score (nSPS) is 11.3. The minimum atomic E-state index is -3.45. The van der Waals surface area contributed by atoms with Crippen molar-refractivity contribution >= 4 is 56.2 Å². The summed E-state index contributed by atoms with van der Waals surface area (Å²) in [6.45, 7) is 0. The van der Waals surface area contributed by atoms with E-state index in [0.29, 0.717) is 5.69 Å². The van der Waals surface area contributed by atoms with Gasteiger partial charge in [-0.05, 0) is 30.3 Å². The van der Waals surface area contributed by atoms with Crippen LogP contribution >= 0.6 is 34.8 Å². The lowest BCUT2D eigenvalue weighted by molar-refractivity contribution is 0.102. The summed E-state index contributed by atoms with van der Waals surface area (Å²) in [7, 11) is -3.45. The van der Waals surface area contributed by atoms with E-state index in [-0.39, 0.29) is 25.5 Å². The van der Waals surface area contributed by atoms with Crippen LogP contribution in [-0.4, -0.2) is 20.6 Å². The van der Waals surface area contributed by atoms with E-state index < -0.39 is 15.7 Å². The van der Waals surface area contributed by atoms with Crippen LogP contribution in [0, 0.1) is 0 Å². The van der Waals surface area contributed by atoms with E-state index in [2.05, 4.69) is 5.32 Å². The SMILES string of the molecule is CS(=O)(=O)c1ccc(Cl)c(C(=O)Nc2cccc(Cl)c2Cl)c1. The van der Waals surface area contributed by atoms with Crippen molar-refractivity contribution in [1.29, 1.82) is 0 Å².